The highest BCUT2D eigenvalue weighted by Gasteiger charge is 2.08. The van der Waals surface area contributed by atoms with E-state index in [-0.39, 0.29) is 0 Å². The molecule has 18 heavy (non-hydrogen) atoms. The summed E-state index contributed by atoms with van der Waals surface area (Å²) >= 11 is 0. The minimum Gasteiger partial charge on any atom is -0.358 e. The average molecular weight is 235 g/mol. The second-order valence-electron chi connectivity index (χ2n) is 4.41. The summed E-state index contributed by atoms with van der Waals surface area (Å²) in [5.41, 5.74) is 4.97. The molecule has 0 aliphatic rings. The lowest BCUT2D eigenvalue weighted by Crippen LogP contribution is -1.81. The molecule has 0 bridgehead atoms. The molecule has 0 spiro atoms. The fraction of sp³-hybridized carbons (Fsp3) is 0.0625. The normalized spacial score (nSPS) is 10.7. The number of nitrogens with one attached hydrogen (secondary N) is 1. The van der Waals surface area contributed by atoms with Gasteiger partial charge in [-0.3, -0.25) is 4.79 Å². The molecule has 0 saturated carbocycles. The minimum atomic E-state index is 0.753. The van der Waals surface area contributed by atoms with E-state index in [9.17, 15) is 4.79 Å². The van der Waals surface area contributed by atoms with E-state index in [0.29, 0.717) is 0 Å². The Morgan fingerprint density at radius 3 is 2.50 bits per heavy atom. The molecule has 0 saturated heterocycles. The molecule has 0 atom stereocenters. The van der Waals surface area contributed by atoms with Gasteiger partial charge in [0.2, 0.25) is 0 Å². The van der Waals surface area contributed by atoms with Gasteiger partial charge in [0.05, 0.1) is 0 Å². The minimum absolute atomic E-state index is 0.753. The molecule has 1 aromatic heterocycles. The third-order valence-electron chi connectivity index (χ3n) is 3.26. The van der Waals surface area contributed by atoms with Crippen molar-refractivity contribution in [3.05, 3.63) is 59.8 Å². The zero-order valence-electron chi connectivity index (χ0n) is 10.1. The summed E-state index contributed by atoms with van der Waals surface area (Å²) in [5.74, 6) is 0. The van der Waals surface area contributed by atoms with E-state index < -0.39 is 0 Å². The van der Waals surface area contributed by atoms with Gasteiger partial charge in [0.1, 0.15) is 0 Å². The zero-order chi connectivity index (χ0) is 12.5. The highest BCUT2D eigenvalue weighted by Crippen LogP contribution is 2.27. The van der Waals surface area contributed by atoms with Gasteiger partial charge in [-0.2, -0.15) is 0 Å². The number of aromatic amines is 1. The Labute approximate surface area is 105 Å². The van der Waals surface area contributed by atoms with Crippen molar-refractivity contribution in [2.45, 2.75) is 6.92 Å². The summed E-state index contributed by atoms with van der Waals surface area (Å²) in [6, 6.07) is 16.3. The lowest BCUT2D eigenvalue weighted by molar-refractivity contribution is 0.112. The Bertz CT molecular complexity index is 711. The topological polar surface area (TPSA) is 32.9 Å². The summed E-state index contributed by atoms with van der Waals surface area (Å²) in [4.78, 5) is 14.4. The third-order valence-corrected chi connectivity index (χ3v) is 3.26. The number of aromatic nitrogens is 1. The zero-order valence-corrected chi connectivity index (χ0v) is 10.1. The van der Waals surface area contributed by atoms with Gasteiger partial charge in [-0.1, -0.05) is 36.4 Å². The molecule has 0 aliphatic heterocycles. The van der Waals surface area contributed by atoms with Crippen LogP contribution in [-0.4, -0.2) is 11.3 Å². The average Bonchev–Trinajstić information content (AvgIpc) is 2.74. The Morgan fingerprint density at radius 2 is 1.78 bits per heavy atom. The van der Waals surface area contributed by atoms with Crippen molar-refractivity contribution in [1.29, 1.82) is 0 Å². The molecular weight excluding hydrogens is 222 g/mol. The summed E-state index contributed by atoms with van der Waals surface area (Å²) in [6.45, 7) is 1.92. The van der Waals surface area contributed by atoms with Crippen LogP contribution in [0.4, 0.5) is 0 Å². The summed E-state index contributed by atoms with van der Waals surface area (Å²) in [6.07, 6.45) is 0.920. The van der Waals surface area contributed by atoms with Gasteiger partial charge in [-0.05, 0) is 30.2 Å². The van der Waals surface area contributed by atoms with Gasteiger partial charge in [-0.15, -0.1) is 0 Å². The van der Waals surface area contributed by atoms with Gasteiger partial charge < -0.3 is 4.98 Å². The quantitative estimate of drug-likeness (QED) is 0.670. The molecule has 0 unspecified atom stereocenters. The maximum absolute atomic E-state index is 11.1. The molecule has 0 fully saturated rings. The standard InChI is InChI=1S/C16H13NO/c1-11-15(10-18)14-9-13(7-8-16(14)17-11)12-5-3-2-4-6-12/h2-10,17H,1H3. The molecule has 3 aromatic rings. The molecule has 2 nitrogen and oxygen atoms in total. The van der Waals surface area contributed by atoms with Crippen LogP contribution in [0.5, 0.6) is 0 Å². The molecule has 0 aliphatic carbocycles. The van der Waals surface area contributed by atoms with Crippen molar-refractivity contribution < 1.29 is 4.79 Å². The van der Waals surface area contributed by atoms with Crippen LogP contribution < -0.4 is 0 Å². The first-order chi connectivity index (χ1) is 8.79. The third kappa shape index (κ3) is 1.63. The van der Waals surface area contributed by atoms with Crippen molar-refractivity contribution >= 4 is 17.2 Å². The monoisotopic (exact) mass is 235 g/mol. The summed E-state index contributed by atoms with van der Waals surface area (Å²) in [5, 5.41) is 0.990. The van der Waals surface area contributed by atoms with Gasteiger partial charge in [-0.25, -0.2) is 0 Å². The van der Waals surface area contributed by atoms with Crippen molar-refractivity contribution in [3.63, 3.8) is 0 Å². The smallest absolute Gasteiger partial charge is 0.152 e. The van der Waals surface area contributed by atoms with E-state index in [1.54, 1.807) is 0 Å². The largest absolute Gasteiger partial charge is 0.358 e. The molecule has 0 radical (unpaired) electrons. The van der Waals surface area contributed by atoms with Gasteiger partial charge in [0.15, 0.2) is 6.29 Å². The number of hydrogen-bond donors (Lipinski definition) is 1. The van der Waals surface area contributed by atoms with Crippen LogP contribution in [0.15, 0.2) is 48.5 Å². The molecule has 0 amide bonds. The number of hydrogen-bond acceptors (Lipinski definition) is 1. The Morgan fingerprint density at radius 1 is 1.00 bits per heavy atom. The number of carbonyl (C=O) groups is 1. The van der Waals surface area contributed by atoms with Crippen LogP contribution in [-0.2, 0) is 0 Å². The molecular formula is C16H13NO. The number of carbonyl (C=O) groups excluding carboxylic acids is 1. The second kappa shape index (κ2) is 4.15. The van der Waals surface area contributed by atoms with E-state index >= 15 is 0 Å². The van der Waals surface area contributed by atoms with E-state index in [1.807, 2.05) is 31.2 Å². The fourth-order valence-corrected chi connectivity index (χ4v) is 2.31. The Kier molecular flexibility index (Phi) is 2.49. The predicted octanol–water partition coefficient (Wildman–Crippen LogP) is 3.96. The molecule has 2 aromatic carbocycles. The second-order valence-corrected chi connectivity index (χ2v) is 4.41. The number of aldehydes is 1. The van der Waals surface area contributed by atoms with Crippen LogP contribution in [0.3, 0.4) is 0 Å². The van der Waals surface area contributed by atoms with Crippen LogP contribution in [0.1, 0.15) is 16.1 Å². The molecule has 1 heterocycles. The number of H-pyrrole nitrogens is 1. The Hall–Kier alpha value is -2.35. The van der Waals surface area contributed by atoms with Crippen molar-refractivity contribution in [2.75, 3.05) is 0 Å². The fourth-order valence-electron chi connectivity index (χ4n) is 2.31. The first-order valence-electron chi connectivity index (χ1n) is 5.92. The summed E-state index contributed by atoms with van der Waals surface area (Å²) < 4.78 is 0. The van der Waals surface area contributed by atoms with Crippen LogP contribution in [0.25, 0.3) is 22.0 Å². The van der Waals surface area contributed by atoms with Crippen LogP contribution >= 0.6 is 0 Å². The van der Waals surface area contributed by atoms with E-state index in [1.165, 1.54) is 0 Å². The molecule has 2 heteroatoms. The molecule has 3 rings (SSSR count). The lowest BCUT2D eigenvalue weighted by Gasteiger charge is -2.01. The number of rotatable bonds is 2. The van der Waals surface area contributed by atoms with E-state index in [2.05, 4.69) is 29.2 Å². The predicted molar refractivity (Wildman–Crippen MR) is 73.9 cm³/mol. The highest BCUT2D eigenvalue weighted by molar-refractivity contribution is 6.00. The maximum Gasteiger partial charge on any atom is 0.152 e. The van der Waals surface area contributed by atoms with Crippen molar-refractivity contribution in [2.24, 2.45) is 0 Å². The Balaban J connectivity index is 2.25. The summed E-state index contributed by atoms with van der Waals surface area (Å²) in [7, 11) is 0. The lowest BCUT2D eigenvalue weighted by atomic mass is 10.0. The number of aryl methyl sites for hydroxylation is 1. The number of benzene rings is 2. The molecule has 88 valence electrons. The van der Waals surface area contributed by atoms with Gasteiger partial charge in [0.25, 0.3) is 0 Å². The van der Waals surface area contributed by atoms with E-state index in [4.69, 9.17) is 0 Å². The highest BCUT2D eigenvalue weighted by atomic mass is 16.1. The maximum atomic E-state index is 11.1. The number of fused-ring (bicyclic) bond motifs is 1. The van der Waals surface area contributed by atoms with Crippen LogP contribution in [0.2, 0.25) is 0 Å². The van der Waals surface area contributed by atoms with Gasteiger partial charge in [0, 0.05) is 22.2 Å². The first kappa shape index (κ1) is 10.8. The van der Waals surface area contributed by atoms with Gasteiger partial charge >= 0.3 is 0 Å². The first-order valence-corrected chi connectivity index (χ1v) is 5.92. The molecule has 1 N–H and O–H groups in total. The SMILES string of the molecule is Cc1[nH]c2ccc(-c3ccccc3)cc2c1C=O. The van der Waals surface area contributed by atoms with Crippen LogP contribution in [0, 0.1) is 6.92 Å². The van der Waals surface area contributed by atoms with Crippen molar-refractivity contribution in [3.8, 4) is 11.1 Å². The van der Waals surface area contributed by atoms with E-state index in [0.717, 1.165) is 39.6 Å². The van der Waals surface area contributed by atoms with Crippen molar-refractivity contribution in [1.82, 2.24) is 4.98 Å².